The van der Waals surface area contributed by atoms with Crippen LogP contribution in [0.5, 0.6) is 0 Å². The molecule has 2 N–H and O–H groups in total. The van der Waals surface area contributed by atoms with Crippen LogP contribution in [0.3, 0.4) is 0 Å². The Labute approximate surface area is 140 Å². The number of rotatable bonds is 4. The van der Waals surface area contributed by atoms with Crippen molar-refractivity contribution >= 4 is 11.8 Å². The Morgan fingerprint density at radius 1 is 1.25 bits per heavy atom. The summed E-state index contributed by atoms with van der Waals surface area (Å²) >= 11 is 0. The van der Waals surface area contributed by atoms with Crippen molar-refractivity contribution in [2.24, 2.45) is 11.7 Å². The summed E-state index contributed by atoms with van der Waals surface area (Å²) in [5.74, 6) is -0.843. The normalized spacial score (nSPS) is 20.8. The molecule has 0 saturated carbocycles. The number of carbonyl (C=O) groups excluding carboxylic acids is 2. The second-order valence-corrected chi connectivity index (χ2v) is 6.27. The first-order valence-electron chi connectivity index (χ1n) is 8.09. The molecule has 1 saturated heterocycles. The number of nitrogens with two attached hydrogens (primary N) is 1. The van der Waals surface area contributed by atoms with E-state index in [1.807, 2.05) is 37.3 Å². The predicted molar refractivity (Wildman–Crippen MR) is 88.0 cm³/mol. The standard InChI is InChI=1S/C17H21N5O2/c1-12-7-8-14(16(18)23)10-22(12)17(24)15-11-21(20-19-15)9-13-5-3-2-4-6-13/h2-6,11-12,14H,7-10H2,1H3,(H2,18,23)/t12-,14+/m1/s1. The zero-order valence-electron chi connectivity index (χ0n) is 13.6. The van der Waals surface area contributed by atoms with Crippen LogP contribution < -0.4 is 5.73 Å². The maximum atomic E-state index is 12.7. The van der Waals surface area contributed by atoms with E-state index in [4.69, 9.17) is 5.73 Å². The number of amides is 2. The number of nitrogens with zero attached hydrogens (tertiary/aromatic N) is 4. The summed E-state index contributed by atoms with van der Waals surface area (Å²) in [5, 5.41) is 8.03. The third kappa shape index (κ3) is 3.45. The van der Waals surface area contributed by atoms with Crippen LogP contribution in [0.25, 0.3) is 0 Å². The van der Waals surface area contributed by atoms with Crippen LogP contribution in [-0.4, -0.2) is 44.3 Å². The fourth-order valence-corrected chi connectivity index (χ4v) is 3.01. The third-order valence-corrected chi connectivity index (χ3v) is 4.49. The Balaban J connectivity index is 1.72. The molecule has 2 atom stereocenters. The van der Waals surface area contributed by atoms with Gasteiger partial charge in [0.2, 0.25) is 5.91 Å². The van der Waals surface area contributed by atoms with E-state index in [0.29, 0.717) is 18.8 Å². The minimum atomic E-state index is -0.354. The number of likely N-dealkylation sites (tertiary alicyclic amines) is 1. The molecule has 126 valence electrons. The van der Waals surface area contributed by atoms with Crippen molar-refractivity contribution in [2.75, 3.05) is 6.54 Å². The SMILES string of the molecule is C[C@@H]1CC[C@H](C(N)=O)CN1C(=O)c1cn(Cc2ccccc2)nn1. The van der Waals surface area contributed by atoms with E-state index >= 15 is 0 Å². The first kappa shape index (κ1) is 16.2. The van der Waals surface area contributed by atoms with E-state index in [2.05, 4.69) is 10.3 Å². The zero-order chi connectivity index (χ0) is 17.1. The molecule has 7 nitrogen and oxygen atoms in total. The number of benzene rings is 1. The molecule has 2 heterocycles. The van der Waals surface area contributed by atoms with E-state index in [1.54, 1.807) is 15.8 Å². The Hall–Kier alpha value is -2.70. The molecule has 1 aromatic carbocycles. The highest BCUT2D eigenvalue weighted by molar-refractivity contribution is 5.92. The predicted octanol–water partition coefficient (Wildman–Crippen LogP) is 1.05. The lowest BCUT2D eigenvalue weighted by molar-refractivity contribution is -0.123. The van der Waals surface area contributed by atoms with Gasteiger partial charge in [0.05, 0.1) is 18.7 Å². The first-order valence-corrected chi connectivity index (χ1v) is 8.09. The molecule has 1 fully saturated rings. The van der Waals surface area contributed by atoms with Crippen LogP contribution in [-0.2, 0) is 11.3 Å². The van der Waals surface area contributed by atoms with Crippen LogP contribution in [0.1, 0.15) is 35.8 Å². The van der Waals surface area contributed by atoms with E-state index < -0.39 is 0 Å². The number of aromatic nitrogens is 3. The molecule has 2 amide bonds. The van der Waals surface area contributed by atoms with Crippen LogP contribution in [0, 0.1) is 5.92 Å². The fraction of sp³-hybridized carbons (Fsp3) is 0.412. The average molecular weight is 327 g/mol. The van der Waals surface area contributed by atoms with Crippen molar-refractivity contribution in [3.05, 3.63) is 47.8 Å². The van der Waals surface area contributed by atoms with Gasteiger partial charge in [0, 0.05) is 12.6 Å². The molecule has 0 bridgehead atoms. The van der Waals surface area contributed by atoms with Crippen molar-refractivity contribution in [1.29, 1.82) is 0 Å². The fourth-order valence-electron chi connectivity index (χ4n) is 3.01. The molecule has 24 heavy (non-hydrogen) atoms. The van der Waals surface area contributed by atoms with Crippen LogP contribution in [0.15, 0.2) is 36.5 Å². The van der Waals surface area contributed by atoms with Gasteiger partial charge in [0.1, 0.15) is 0 Å². The summed E-state index contributed by atoms with van der Waals surface area (Å²) in [7, 11) is 0. The molecule has 0 unspecified atom stereocenters. The second kappa shape index (κ2) is 6.82. The summed E-state index contributed by atoms with van der Waals surface area (Å²) in [4.78, 5) is 25.8. The largest absolute Gasteiger partial charge is 0.369 e. The molecule has 7 heteroatoms. The summed E-state index contributed by atoms with van der Waals surface area (Å²) in [6.07, 6.45) is 3.13. The van der Waals surface area contributed by atoms with Crippen LogP contribution in [0.2, 0.25) is 0 Å². The molecule has 1 aliphatic heterocycles. The Morgan fingerprint density at radius 3 is 2.71 bits per heavy atom. The zero-order valence-corrected chi connectivity index (χ0v) is 13.6. The van der Waals surface area contributed by atoms with Gasteiger partial charge in [-0.3, -0.25) is 9.59 Å². The molecule has 3 rings (SSSR count). The molecular weight excluding hydrogens is 306 g/mol. The highest BCUT2D eigenvalue weighted by atomic mass is 16.2. The molecular formula is C17H21N5O2. The molecule has 1 aliphatic rings. The van der Waals surface area contributed by atoms with Crippen molar-refractivity contribution in [3.8, 4) is 0 Å². The van der Waals surface area contributed by atoms with E-state index in [9.17, 15) is 9.59 Å². The molecule has 0 spiro atoms. The highest BCUT2D eigenvalue weighted by Gasteiger charge is 2.33. The molecule has 1 aromatic heterocycles. The highest BCUT2D eigenvalue weighted by Crippen LogP contribution is 2.23. The van der Waals surface area contributed by atoms with Gasteiger partial charge in [-0.25, -0.2) is 4.68 Å². The van der Waals surface area contributed by atoms with Gasteiger partial charge in [-0.15, -0.1) is 5.10 Å². The summed E-state index contributed by atoms with van der Waals surface area (Å²) in [5.41, 5.74) is 6.77. The second-order valence-electron chi connectivity index (χ2n) is 6.27. The van der Waals surface area contributed by atoms with Crippen LogP contribution in [0.4, 0.5) is 0 Å². The Morgan fingerprint density at radius 2 is 2.00 bits per heavy atom. The lowest BCUT2D eigenvalue weighted by Gasteiger charge is -2.36. The van der Waals surface area contributed by atoms with Crippen LogP contribution >= 0.6 is 0 Å². The monoisotopic (exact) mass is 327 g/mol. The molecule has 2 aromatic rings. The van der Waals surface area contributed by atoms with Gasteiger partial charge < -0.3 is 10.6 Å². The molecule has 0 radical (unpaired) electrons. The number of carbonyl (C=O) groups is 2. The Kier molecular flexibility index (Phi) is 4.59. The topological polar surface area (TPSA) is 94.1 Å². The van der Waals surface area contributed by atoms with E-state index in [0.717, 1.165) is 18.4 Å². The minimum Gasteiger partial charge on any atom is -0.369 e. The van der Waals surface area contributed by atoms with E-state index in [-0.39, 0.29) is 23.8 Å². The quantitative estimate of drug-likeness (QED) is 0.908. The van der Waals surface area contributed by atoms with Gasteiger partial charge in [0.25, 0.3) is 5.91 Å². The van der Waals surface area contributed by atoms with Gasteiger partial charge >= 0.3 is 0 Å². The number of hydrogen-bond acceptors (Lipinski definition) is 4. The number of primary amides is 1. The maximum Gasteiger partial charge on any atom is 0.276 e. The van der Waals surface area contributed by atoms with Crippen molar-refractivity contribution in [2.45, 2.75) is 32.4 Å². The number of piperidine rings is 1. The smallest absolute Gasteiger partial charge is 0.276 e. The maximum absolute atomic E-state index is 12.7. The lowest BCUT2D eigenvalue weighted by atomic mass is 9.92. The van der Waals surface area contributed by atoms with Crippen molar-refractivity contribution in [1.82, 2.24) is 19.9 Å². The lowest BCUT2D eigenvalue weighted by Crippen LogP contribution is -2.48. The summed E-state index contributed by atoms with van der Waals surface area (Å²) in [6, 6.07) is 9.91. The van der Waals surface area contributed by atoms with Crippen molar-refractivity contribution in [3.63, 3.8) is 0 Å². The molecule has 0 aliphatic carbocycles. The summed E-state index contributed by atoms with van der Waals surface area (Å²) in [6.45, 7) is 2.88. The van der Waals surface area contributed by atoms with Gasteiger partial charge in [-0.2, -0.15) is 0 Å². The van der Waals surface area contributed by atoms with Gasteiger partial charge in [0.15, 0.2) is 5.69 Å². The van der Waals surface area contributed by atoms with Crippen molar-refractivity contribution < 1.29 is 9.59 Å². The van der Waals surface area contributed by atoms with Gasteiger partial charge in [-0.1, -0.05) is 35.5 Å². The minimum absolute atomic E-state index is 0.0624. The van der Waals surface area contributed by atoms with E-state index in [1.165, 1.54) is 0 Å². The Bertz CT molecular complexity index is 728. The number of hydrogen-bond donors (Lipinski definition) is 1. The van der Waals surface area contributed by atoms with Gasteiger partial charge in [-0.05, 0) is 25.3 Å². The average Bonchev–Trinajstić information content (AvgIpc) is 3.04. The first-order chi connectivity index (χ1) is 11.5. The summed E-state index contributed by atoms with van der Waals surface area (Å²) < 4.78 is 1.64. The third-order valence-electron chi connectivity index (χ3n) is 4.49.